The van der Waals surface area contributed by atoms with Gasteiger partial charge in [0, 0.05) is 24.2 Å². The van der Waals surface area contributed by atoms with E-state index in [1.807, 2.05) is 62.4 Å². The molecule has 68 heavy (non-hydrogen) atoms. The van der Waals surface area contributed by atoms with Crippen molar-refractivity contribution in [2.75, 3.05) is 13.2 Å². The van der Waals surface area contributed by atoms with E-state index in [1.165, 1.54) is 24.3 Å². The minimum absolute atomic E-state index is 0.0400. The van der Waals surface area contributed by atoms with E-state index in [4.69, 9.17) is 9.47 Å². The predicted octanol–water partition coefficient (Wildman–Crippen LogP) is 10.3. The highest BCUT2D eigenvalue weighted by Gasteiger charge is 2.32. The van der Waals surface area contributed by atoms with Crippen LogP contribution in [0.5, 0.6) is 11.8 Å². The van der Waals surface area contributed by atoms with E-state index in [2.05, 4.69) is 29.9 Å². The smallest absolute Gasteiger partial charge is 0.416 e. The van der Waals surface area contributed by atoms with Gasteiger partial charge in [0.15, 0.2) is 22.3 Å². The van der Waals surface area contributed by atoms with Gasteiger partial charge >= 0.3 is 24.3 Å². The van der Waals surface area contributed by atoms with Crippen LogP contribution in [0.1, 0.15) is 74.4 Å². The molecule has 0 atom stereocenters. The van der Waals surface area contributed by atoms with Gasteiger partial charge in [0.2, 0.25) is 23.4 Å². The Kier molecular flexibility index (Phi) is 12.9. The number of halogens is 6. The largest absolute Gasteiger partial charge is 0.476 e. The molecule has 0 bridgehead atoms. The molecule has 14 nitrogen and oxygen atoms in total. The molecule has 1 aliphatic carbocycles. The summed E-state index contributed by atoms with van der Waals surface area (Å²) < 4.78 is 93.1. The van der Waals surface area contributed by atoms with Crippen LogP contribution in [0, 0.1) is 19.8 Å². The van der Waals surface area contributed by atoms with Crippen LogP contribution >= 0.6 is 0 Å². The SMILES string of the molecule is CCOc1nc(C(=O)O)nc2nc(-c3cccc(C)c3)n(Cc3ccc(C(F)(F)F)cc3)c12.Cc1cccc(-c2nc3nc(C(=O)O)nc(OCC4CC4)c3n2Cc2ccc(C(F)(F)F)cc2)c1. The van der Waals surface area contributed by atoms with E-state index in [1.54, 1.807) is 16.1 Å². The molecule has 0 aliphatic heterocycles. The number of hydrogen-bond acceptors (Lipinski definition) is 10. The van der Waals surface area contributed by atoms with Gasteiger partial charge in [-0.25, -0.2) is 29.5 Å². The van der Waals surface area contributed by atoms with Crippen molar-refractivity contribution in [3.8, 4) is 34.5 Å². The number of aromatic nitrogens is 8. The number of nitrogens with zero attached hydrogens (tertiary/aromatic N) is 8. The highest BCUT2D eigenvalue weighted by atomic mass is 19.4. The van der Waals surface area contributed by atoms with Crippen molar-refractivity contribution >= 4 is 34.3 Å². The topological polar surface area (TPSA) is 180 Å². The fourth-order valence-electron chi connectivity index (χ4n) is 7.30. The van der Waals surface area contributed by atoms with E-state index >= 15 is 0 Å². The number of carbonyl (C=O) groups is 2. The Hall–Kier alpha value is -7.90. The Balaban J connectivity index is 0.000000184. The fourth-order valence-corrected chi connectivity index (χ4v) is 7.30. The third-order valence-electron chi connectivity index (χ3n) is 10.8. The monoisotopic (exact) mass is 938 g/mol. The van der Waals surface area contributed by atoms with Crippen LogP contribution in [0.25, 0.3) is 45.1 Å². The van der Waals surface area contributed by atoms with Gasteiger partial charge in [0.05, 0.1) is 24.3 Å². The number of aromatic carboxylic acids is 2. The van der Waals surface area contributed by atoms with E-state index in [-0.39, 0.29) is 42.8 Å². The van der Waals surface area contributed by atoms with E-state index in [0.29, 0.717) is 46.3 Å². The van der Waals surface area contributed by atoms with Crippen molar-refractivity contribution in [3.05, 3.63) is 142 Å². The number of hydrogen-bond donors (Lipinski definition) is 2. The lowest BCUT2D eigenvalue weighted by Gasteiger charge is -2.13. The Bertz CT molecular complexity index is 3170. The van der Waals surface area contributed by atoms with Crippen LogP contribution in [0.2, 0.25) is 0 Å². The van der Waals surface area contributed by atoms with Crippen molar-refractivity contribution in [2.24, 2.45) is 5.92 Å². The summed E-state index contributed by atoms with van der Waals surface area (Å²) in [6, 6.07) is 24.8. The van der Waals surface area contributed by atoms with Crippen LogP contribution in [0.3, 0.4) is 0 Å². The molecule has 8 aromatic rings. The normalized spacial score (nSPS) is 12.8. The van der Waals surface area contributed by atoms with Gasteiger partial charge in [0.1, 0.15) is 11.6 Å². The van der Waals surface area contributed by atoms with Gasteiger partial charge in [0.25, 0.3) is 0 Å². The van der Waals surface area contributed by atoms with Crippen molar-refractivity contribution in [1.82, 2.24) is 39.0 Å². The lowest BCUT2D eigenvalue weighted by atomic mass is 10.1. The standard InChI is InChI=1S/C25H21F3N4O3.C23H19F3N4O3/c1-14-3-2-4-17(11-14)22-30-20-19(23(35-13-16-5-6-16)31-21(29-20)24(33)34)32(22)12-15-7-9-18(10-8-15)25(26,27)28;1-3-33-21-17-18(27-19(29-21)22(31)32)28-20(15-6-4-5-13(2)11-15)30(17)12-14-7-9-16(10-8-14)23(24,25)26/h2-4,7-11,16H,5-6,12-13H2,1H3,(H,33,34);4-11H,3,12H2,1-2H3,(H,31,32). The first-order chi connectivity index (χ1) is 32.4. The zero-order chi connectivity index (χ0) is 48.5. The van der Waals surface area contributed by atoms with E-state index in [0.717, 1.165) is 59.4 Å². The summed E-state index contributed by atoms with van der Waals surface area (Å²) in [5, 5.41) is 18.9. The molecule has 2 N–H and O–H groups in total. The second-order valence-corrected chi connectivity index (χ2v) is 16.0. The Morgan fingerprint density at radius 2 is 1.01 bits per heavy atom. The number of alkyl halides is 6. The Morgan fingerprint density at radius 3 is 1.37 bits per heavy atom. The van der Waals surface area contributed by atoms with Gasteiger partial charge in [-0.3, -0.25) is 0 Å². The lowest BCUT2D eigenvalue weighted by Crippen LogP contribution is -2.11. The third-order valence-corrected chi connectivity index (χ3v) is 10.8. The van der Waals surface area contributed by atoms with Crippen molar-refractivity contribution in [2.45, 2.75) is 59.1 Å². The van der Waals surface area contributed by atoms with E-state index < -0.39 is 47.1 Å². The summed E-state index contributed by atoms with van der Waals surface area (Å²) in [6.45, 7) is 6.49. The maximum absolute atomic E-state index is 13.0. The van der Waals surface area contributed by atoms with Gasteiger partial charge in [-0.15, -0.1) is 0 Å². The van der Waals surface area contributed by atoms with Crippen molar-refractivity contribution in [3.63, 3.8) is 0 Å². The number of aryl methyl sites for hydroxylation is 2. The molecule has 0 radical (unpaired) electrons. The minimum Gasteiger partial charge on any atom is -0.476 e. The number of ether oxygens (including phenoxy) is 2. The van der Waals surface area contributed by atoms with Gasteiger partial charge in [-0.2, -0.15) is 36.3 Å². The molecule has 350 valence electrons. The first-order valence-corrected chi connectivity index (χ1v) is 21.1. The zero-order valence-corrected chi connectivity index (χ0v) is 36.4. The molecule has 0 amide bonds. The zero-order valence-electron chi connectivity index (χ0n) is 36.4. The number of fused-ring (bicyclic) bond motifs is 2. The molecule has 4 aromatic carbocycles. The van der Waals surface area contributed by atoms with Crippen molar-refractivity contribution in [1.29, 1.82) is 0 Å². The van der Waals surface area contributed by atoms with Crippen LogP contribution in [0.4, 0.5) is 26.3 Å². The quantitative estimate of drug-likeness (QED) is 0.105. The summed E-state index contributed by atoms with van der Waals surface area (Å²) in [5.41, 5.74) is 4.16. The molecular formula is C48H40F6N8O6. The Labute approximate surface area is 382 Å². The first-order valence-electron chi connectivity index (χ1n) is 21.1. The Morgan fingerprint density at radius 1 is 0.603 bits per heavy atom. The molecule has 1 aliphatic rings. The molecule has 4 heterocycles. The average molecular weight is 939 g/mol. The molecule has 1 saturated carbocycles. The maximum atomic E-state index is 13.0. The molecule has 0 saturated heterocycles. The summed E-state index contributed by atoms with van der Waals surface area (Å²) in [6.07, 6.45) is -6.81. The van der Waals surface area contributed by atoms with Crippen LogP contribution < -0.4 is 9.47 Å². The van der Waals surface area contributed by atoms with Crippen molar-refractivity contribution < 1.29 is 55.6 Å². The molecule has 9 rings (SSSR count). The highest BCUT2D eigenvalue weighted by Crippen LogP contribution is 2.36. The van der Waals surface area contributed by atoms with Crippen LogP contribution in [-0.4, -0.2) is 74.4 Å². The predicted molar refractivity (Wildman–Crippen MR) is 235 cm³/mol. The number of benzene rings is 4. The minimum atomic E-state index is -4.43. The third kappa shape index (κ3) is 10.4. The second kappa shape index (κ2) is 18.8. The fraction of sp³-hybridized carbons (Fsp3) is 0.250. The maximum Gasteiger partial charge on any atom is 0.416 e. The first kappa shape index (κ1) is 46.6. The molecule has 0 spiro atoms. The summed E-state index contributed by atoms with van der Waals surface area (Å²) >= 11 is 0. The van der Waals surface area contributed by atoms with Gasteiger partial charge in [-0.05, 0) is 87.1 Å². The number of carboxylic acids is 2. The summed E-state index contributed by atoms with van der Waals surface area (Å²) in [5.74, 6) is -2.06. The molecule has 20 heteroatoms. The van der Waals surface area contributed by atoms with Crippen LogP contribution in [0.15, 0.2) is 97.1 Å². The molecule has 0 unspecified atom stereocenters. The number of rotatable bonds is 13. The summed E-state index contributed by atoms with van der Waals surface area (Å²) in [4.78, 5) is 48.7. The molecule has 4 aromatic heterocycles. The average Bonchev–Trinajstić information content (AvgIpc) is 3.95. The van der Waals surface area contributed by atoms with Gasteiger partial charge < -0.3 is 28.8 Å². The van der Waals surface area contributed by atoms with Crippen LogP contribution in [-0.2, 0) is 25.4 Å². The lowest BCUT2D eigenvalue weighted by molar-refractivity contribution is -0.138. The summed E-state index contributed by atoms with van der Waals surface area (Å²) in [7, 11) is 0. The second-order valence-electron chi connectivity index (χ2n) is 16.0. The highest BCUT2D eigenvalue weighted by molar-refractivity contribution is 5.90. The number of imidazole rings is 2. The number of carboxylic acid groups (broad SMARTS) is 2. The molecular weight excluding hydrogens is 899 g/mol. The van der Waals surface area contributed by atoms with Gasteiger partial charge in [-0.1, -0.05) is 71.8 Å². The van der Waals surface area contributed by atoms with E-state index in [9.17, 15) is 46.1 Å². The molecule has 1 fully saturated rings.